The molecule has 0 fully saturated rings. The molecule has 1 aliphatic rings. The molecule has 0 N–H and O–H groups in total. The van der Waals surface area contributed by atoms with Crippen LogP contribution in [0.15, 0.2) is 16.6 Å². The molecule has 0 aromatic rings. The molecule has 0 saturated carbocycles. The number of aliphatic imine (C=N–C) groups is 1. The molecule has 0 spiro atoms. The van der Waals surface area contributed by atoms with Gasteiger partial charge in [0.1, 0.15) is 11.6 Å². The van der Waals surface area contributed by atoms with Crippen molar-refractivity contribution in [2.24, 2.45) is 4.99 Å². The largest absolute Gasteiger partial charge is 0.464 e. The molecule has 1 rings (SSSR count). The van der Waals surface area contributed by atoms with Crippen LogP contribution in [0.5, 0.6) is 0 Å². The Hall–Kier alpha value is -2.38. The monoisotopic (exact) mass is 326 g/mol. The zero-order valence-electron chi connectivity index (χ0n) is 13.6. The fourth-order valence-electron chi connectivity index (χ4n) is 1.93. The van der Waals surface area contributed by atoms with Crippen molar-refractivity contribution >= 4 is 24.2 Å². The van der Waals surface area contributed by atoms with Gasteiger partial charge in [-0.2, -0.15) is 0 Å². The predicted octanol–water partition coefficient (Wildman–Crippen LogP) is 0.315. The number of hydrogen-bond donors (Lipinski definition) is 0. The molecule has 0 aliphatic carbocycles. The fraction of sp³-hybridized carbons (Fsp3) is 0.600. The molecule has 0 aromatic heterocycles. The highest BCUT2D eigenvalue weighted by Crippen LogP contribution is 2.12. The second-order valence-corrected chi connectivity index (χ2v) is 4.48. The average Bonchev–Trinajstić information content (AvgIpc) is 3.02. The Balaban J connectivity index is 3.13. The van der Waals surface area contributed by atoms with Crippen molar-refractivity contribution in [2.45, 2.75) is 26.8 Å². The van der Waals surface area contributed by atoms with Crippen molar-refractivity contribution in [3.63, 3.8) is 0 Å². The van der Waals surface area contributed by atoms with E-state index in [-0.39, 0.29) is 25.4 Å². The summed E-state index contributed by atoms with van der Waals surface area (Å²) in [6.45, 7) is 6.32. The maximum atomic E-state index is 12.2. The van der Waals surface area contributed by atoms with Gasteiger partial charge in [-0.15, -0.1) is 0 Å². The Labute approximate surface area is 135 Å². The number of nitrogens with zero attached hydrogens (tertiary/aromatic N) is 2. The maximum absolute atomic E-state index is 12.2. The zero-order valence-corrected chi connectivity index (χ0v) is 13.6. The van der Waals surface area contributed by atoms with E-state index in [1.165, 1.54) is 12.4 Å². The van der Waals surface area contributed by atoms with Crippen LogP contribution in [0.25, 0.3) is 0 Å². The molecular weight excluding hydrogens is 304 g/mol. The molecule has 23 heavy (non-hydrogen) atoms. The Morgan fingerprint density at radius 1 is 1.09 bits per heavy atom. The van der Waals surface area contributed by atoms with Crippen LogP contribution in [0, 0.1) is 0 Å². The number of ether oxygens (including phenoxy) is 3. The van der Waals surface area contributed by atoms with Gasteiger partial charge in [-0.05, 0) is 26.8 Å². The van der Waals surface area contributed by atoms with Crippen LogP contribution in [0.1, 0.15) is 20.8 Å². The molecule has 128 valence electrons. The molecule has 0 radical (unpaired) electrons. The molecule has 0 saturated heterocycles. The highest BCUT2D eigenvalue weighted by Gasteiger charge is 2.30. The van der Waals surface area contributed by atoms with Crippen LogP contribution in [0.3, 0.4) is 0 Å². The maximum Gasteiger partial charge on any atom is 0.345 e. The third-order valence-corrected chi connectivity index (χ3v) is 2.92. The molecule has 1 aliphatic heterocycles. The molecule has 8 heteroatoms. The summed E-state index contributed by atoms with van der Waals surface area (Å²) in [5.74, 6) is -2.25. The number of carbonyl (C=O) groups is 3. The highest BCUT2D eigenvalue weighted by molar-refractivity contribution is 6.14. The van der Waals surface area contributed by atoms with Crippen molar-refractivity contribution in [1.82, 2.24) is 4.90 Å². The van der Waals surface area contributed by atoms with Crippen molar-refractivity contribution in [2.75, 3.05) is 32.9 Å². The van der Waals surface area contributed by atoms with Crippen LogP contribution >= 0.6 is 0 Å². The van der Waals surface area contributed by atoms with Crippen LogP contribution in [-0.2, 0) is 28.6 Å². The molecule has 1 unspecified atom stereocenters. The lowest BCUT2D eigenvalue weighted by atomic mass is 10.1. The lowest BCUT2D eigenvalue weighted by Gasteiger charge is -2.22. The minimum atomic E-state index is -0.940. The standard InChI is InChI=1S/C15H22N2O6/c1-4-21-13(18)11(14(19)22-5-2)9-12(15(20)23-6-3)17-8-7-16-10-17/h9-10,12H,4-8H2,1-3H3. The number of carbonyl (C=O) groups excluding carboxylic acids is 3. The molecule has 1 atom stereocenters. The van der Waals surface area contributed by atoms with Gasteiger partial charge in [0.15, 0.2) is 0 Å². The molecule has 8 nitrogen and oxygen atoms in total. The van der Waals surface area contributed by atoms with Gasteiger partial charge in [0.25, 0.3) is 0 Å². The van der Waals surface area contributed by atoms with E-state index in [0.717, 1.165) is 0 Å². The molecule has 0 aromatic carbocycles. The van der Waals surface area contributed by atoms with E-state index in [0.29, 0.717) is 13.1 Å². The Bertz CT molecular complexity index is 480. The van der Waals surface area contributed by atoms with Gasteiger partial charge in [-0.25, -0.2) is 14.4 Å². The second kappa shape index (κ2) is 9.60. The van der Waals surface area contributed by atoms with Crippen molar-refractivity contribution in [3.8, 4) is 0 Å². The van der Waals surface area contributed by atoms with Gasteiger partial charge in [0.2, 0.25) is 0 Å². The Kier molecular flexibility index (Phi) is 7.79. The first-order chi connectivity index (χ1) is 11.0. The van der Waals surface area contributed by atoms with E-state index in [9.17, 15) is 14.4 Å². The lowest BCUT2D eigenvalue weighted by molar-refractivity contribution is -0.146. The SMILES string of the molecule is CCOC(=O)C(=CC(C(=O)OCC)N1C=NCC1)C(=O)OCC. The first-order valence-corrected chi connectivity index (χ1v) is 7.53. The number of esters is 3. The van der Waals surface area contributed by atoms with Gasteiger partial charge in [-0.3, -0.25) is 4.99 Å². The van der Waals surface area contributed by atoms with E-state index in [4.69, 9.17) is 14.2 Å². The first kappa shape index (κ1) is 18.7. The normalized spacial score (nSPS) is 14.1. The topological polar surface area (TPSA) is 94.5 Å². The third-order valence-electron chi connectivity index (χ3n) is 2.92. The van der Waals surface area contributed by atoms with E-state index >= 15 is 0 Å². The third kappa shape index (κ3) is 5.39. The van der Waals surface area contributed by atoms with Crippen LogP contribution in [-0.4, -0.2) is 68.1 Å². The summed E-state index contributed by atoms with van der Waals surface area (Å²) < 4.78 is 14.7. The number of rotatable bonds is 8. The summed E-state index contributed by atoms with van der Waals surface area (Å²) in [5.41, 5.74) is -0.327. The molecular formula is C15H22N2O6. The summed E-state index contributed by atoms with van der Waals surface area (Å²) in [5, 5.41) is 0. The summed E-state index contributed by atoms with van der Waals surface area (Å²) in [4.78, 5) is 41.8. The smallest absolute Gasteiger partial charge is 0.345 e. The van der Waals surface area contributed by atoms with E-state index < -0.39 is 23.9 Å². The van der Waals surface area contributed by atoms with E-state index in [2.05, 4.69) is 4.99 Å². The fourth-order valence-corrected chi connectivity index (χ4v) is 1.93. The number of hydrogen-bond acceptors (Lipinski definition) is 8. The van der Waals surface area contributed by atoms with Crippen molar-refractivity contribution in [1.29, 1.82) is 0 Å². The van der Waals surface area contributed by atoms with E-state index in [1.54, 1.807) is 25.7 Å². The minimum Gasteiger partial charge on any atom is -0.464 e. The van der Waals surface area contributed by atoms with Crippen molar-refractivity contribution in [3.05, 3.63) is 11.6 Å². The molecule has 0 amide bonds. The van der Waals surface area contributed by atoms with E-state index in [1.807, 2.05) is 0 Å². The minimum absolute atomic E-state index is 0.102. The summed E-state index contributed by atoms with van der Waals surface area (Å²) in [6.07, 6.45) is 2.71. The Morgan fingerprint density at radius 2 is 1.65 bits per heavy atom. The van der Waals surface area contributed by atoms with Gasteiger partial charge in [0, 0.05) is 6.54 Å². The molecule has 0 bridgehead atoms. The summed E-state index contributed by atoms with van der Waals surface area (Å²) in [6, 6.07) is -0.940. The van der Waals surface area contributed by atoms with Crippen LogP contribution < -0.4 is 0 Å². The highest BCUT2D eigenvalue weighted by atomic mass is 16.6. The first-order valence-electron chi connectivity index (χ1n) is 7.53. The van der Waals surface area contributed by atoms with Crippen LogP contribution in [0.2, 0.25) is 0 Å². The second-order valence-electron chi connectivity index (χ2n) is 4.48. The lowest BCUT2D eigenvalue weighted by Crippen LogP contribution is -2.40. The van der Waals surface area contributed by atoms with Crippen molar-refractivity contribution < 1.29 is 28.6 Å². The summed E-state index contributed by atoms with van der Waals surface area (Å²) in [7, 11) is 0. The summed E-state index contributed by atoms with van der Waals surface area (Å²) >= 11 is 0. The zero-order chi connectivity index (χ0) is 17.2. The average molecular weight is 326 g/mol. The molecule has 1 heterocycles. The predicted molar refractivity (Wildman–Crippen MR) is 81.8 cm³/mol. The van der Waals surface area contributed by atoms with Gasteiger partial charge >= 0.3 is 17.9 Å². The Morgan fingerprint density at radius 3 is 2.09 bits per heavy atom. The van der Waals surface area contributed by atoms with Gasteiger partial charge in [0.05, 0.1) is 32.7 Å². The van der Waals surface area contributed by atoms with Crippen LogP contribution in [0.4, 0.5) is 0 Å². The quantitative estimate of drug-likeness (QED) is 0.208. The van der Waals surface area contributed by atoms with Gasteiger partial charge in [-0.1, -0.05) is 0 Å². The van der Waals surface area contributed by atoms with Gasteiger partial charge < -0.3 is 19.1 Å².